The van der Waals surface area contributed by atoms with Crippen molar-refractivity contribution in [1.29, 1.82) is 0 Å². The van der Waals surface area contributed by atoms with Gasteiger partial charge in [-0.05, 0) is 40.5 Å². The van der Waals surface area contributed by atoms with Gasteiger partial charge in [-0.3, -0.25) is 0 Å². The van der Waals surface area contributed by atoms with Gasteiger partial charge in [-0.2, -0.15) is 0 Å². The van der Waals surface area contributed by atoms with Crippen molar-refractivity contribution in [1.82, 2.24) is 5.32 Å². The SMILES string of the molecule is CCC[C@H](NC(=O)Nc1ccc(Cl)c(Br)c1)C(=O)O. The van der Waals surface area contributed by atoms with Gasteiger partial charge in [0.25, 0.3) is 0 Å². The van der Waals surface area contributed by atoms with E-state index in [-0.39, 0.29) is 0 Å². The van der Waals surface area contributed by atoms with Crippen LogP contribution in [0.2, 0.25) is 5.02 Å². The molecule has 0 fully saturated rings. The summed E-state index contributed by atoms with van der Waals surface area (Å²) in [7, 11) is 0. The second-order valence-electron chi connectivity index (χ2n) is 3.91. The standard InChI is InChI=1S/C12H14BrClN2O3/c1-2-3-10(11(17)18)16-12(19)15-7-4-5-9(14)8(13)6-7/h4-6,10H,2-3H2,1H3,(H,17,18)(H2,15,16,19)/t10-/m0/s1. The van der Waals surface area contributed by atoms with Crippen molar-refractivity contribution in [2.24, 2.45) is 0 Å². The van der Waals surface area contributed by atoms with E-state index in [1.54, 1.807) is 18.2 Å². The summed E-state index contributed by atoms with van der Waals surface area (Å²) in [6.45, 7) is 1.85. The maximum atomic E-state index is 11.7. The predicted octanol–water partition coefficient (Wildman–Crippen LogP) is 3.48. The molecule has 0 spiro atoms. The molecule has 1 aromatic carbocycles. The number of nitrogens with one attached hydrogen (secondary N) is 2. The lowest BCUT2D eigenvalue weighted by molar-refractivity contribution is -0.139. The topological polar surface area (TPSA) is 78.4 Å². The Kier molecular flexibility index (Phi) is 6.11. The van der Waals surface area contributed by atoms with Crippen LogP contribution in [-0.4, -0.2) is 23.1 Å². The van der Waals surface area contributed by atoms with Crippen molar-refractivity contribution in [2.45, 2.75) is 25.8 Å². The van der Waals surface area contributed by atoms with E-state index < -0.39 is 18.0 Å². The molecule has 1 aromatic rings. The summed E-state index contributed by atoms with van der Waals surface area (Å²) in [6.07, 6.45) is 1.05. The van der Waals surface area contributed by atoms with E-state index in [2.05, 4.69) is 26.6 Å². The van der Waals surface area contributed by atoms with Crippen molar-refractivity contribution in [3.05, 3.63) is 27.7 Å². The highest BCUT2D eigenvalue weighted by atomic mass is 79.9. The first-order valence-electron chi connectivity index (χ1n) is 5.69. The Hall–Kier alpha value is -1.27. The van der Waals surface area contributed by atoms with Gasteiger partial charge in [0.2, 0.25) is 0 Å². The van der Waals surface area contributed by atoms with Gasteiger partial charge in [0.1, 0.15) is 6.04 Å². The van der Waals surface area contributed by atoms with Crippen molar-refractivity contribution < 1.29 is 14.7 Å². The molecule has 0 aliphatic heterocycles. The average molecular weight is 350 g/mol. The number of anilines is 1. The van der Waals surface area contributed by atoms with Crippen LogP contribution in [0.15, 0.2) is 22.7 Å². The van der Waals surface area contributed by atoms with Crippen LogP contribution in [0.25, 0.3) is 0 Å². The average Bonchev–Trinajstić information content (AvgIpc) is 2.33. The number of aliphatic carboxylic acids is 1. The molecular weight excluding hydrogens is 336 g/mol. The molecule has 0 saturated carbocycles. The quantitative estimate of drug-likeness (QED) is 0.761. The van der Waals surface area contributed by atoms with Gasteiger partial charge in [-0.1, -0.05) is 24.9 Å². The summed E-state index contributed by atoms with van der Waals surface area (Å²) in [5.41, 5.74) is 0.523. The van der Waals surface area contributed by atoms with Gasteiger partial charge < -0.3 is 15.7 Å². The Morgan fingerprint density at radius 3 is 2.68 bits per heavy atom. The third-order valence-electron chi connectivity index (χ3n) is 2.36. The second-order valence-corrected chi connectivity index (χ2v) is 5.17. The number of halogens is 2. The fourth-order valence-corrected chi connectivity index (χ4v) is 1.94. The molecule has 0 aliphatic carbocycles. The van der Waals surface area contributed by atoms with Crippen molar-refractivity contribution in [3.8, 4) is 0 Å². The molecule has 0 bridgehead atoms. The highest BCUT2D eigenvalue weighted by Crippen LogP contribution is 2.25. The third kappa shape index (κ3) is 5.08. The van der Waals surface area contributed by atoms with Gasteiger partial charge in [-0.25, -0.2) is 9.59 Å². The number of carbonyl (C=O) groups is 2. The highest BCUT2D eigenvalue weighted by Gasteiger charge is 2.18. The van der Waals surface area contributed by atoms with E-state index in [9.17, 15) is 9.59 Å². The number of benzene rings is 1. The Morgan fingerprint density at radius 1 is 1.47 bits per heavy atom. The van der Waals surface area contributed by atoms with Gasteiger partial charge in [-0.15, -0.1) is 0 Å². The number of amides is 2. The van der Waals surface area contributed by atoms with Crippen LogP contribution in [0.4, 0.5) is 10.5 Å². The molecule has 5 nitrogen and oxygen atoms in total. The smallest absolute Gasteiger partial charge is 0.326 e. The summed E-state index contributed by atoms with van der Waals surface area (Å²) in [5, 5.41) is 14.4. The zero-order chi connectivity index (χ0) is 14.4. The molecule has 2 amide bonds. The number of carboxylic acids is 1. The molecule has 7 heteroatoms. The fourth-order valence-electron chi connectivity index (χ4n) is 1.45. The van der Waals surface area contributed by atoms with Gasteiger partial charge in [0.05, 0.1) is 5.02 Å². The van der Waals surface area contributed by atoms with Crippen molar-refractivity contribution in [2.75, 3.05) is 5.32 Å². The number of rotatable bonds is 5. The Labute approximate surface area is 124 Å². The minimum absolute atomic E-state index is 0.382. The van der Waals surface area contributed by atoms with Crippen LogP contribution < -0.4 is 10.6 Å². The predicted molar refractivity (Wildman–Crippen MR) is 77.6 cm³/mol. The monoisotopic (exact) mass is 348 g/mol. The third-order valence-corrected chi connectivity index (χ3v) is 3.57. The number of urea groups is 1. The number of carboxylic acid groups (broad SMARTS) is 1. The van der Waals surface area contributed by atoms with Gasteiger partial charge in [0, 0.05) is 10.2 Å². The molecule has 0 unspecified atom stereocenters. The Bertz CT molecular complexity index is 482. The molecule has 1 rings (SSSR count). The van der Waals surface area contributed by atoms with E-state index in [0.717, 1.165) is 0 Å². The Morgan fingerprint density at radius 2 is 2.16 bits per heavy atom. The zero-order valence-electron chi connectivity index (χ0n) is 10.2. The molecule has 0 heterocycles. The number of carbonyl (C=O) groups excluding carboxylic acids is 1. The van der Waals surface area contributed by atoms with Gasteiger partial charge >= 0.3 is 12.0 Å². The maximum Gasteiger partial charge on any atom is 0.326 e. The summed E-state index contributed by atoms with van der Waals surface area (Å²) >= 11 is 9.07. The molecule has 104 valence electrons. The Balaban J connectivity index is 2.63. The normalized spacial score (nSPS) is 11.7. The first-order chi connectivity index (χ1) is 8.93. The summed E-state index contributed by atoms with van der Waals surface area (Å²) in [4.78, 5) is 22.6. The van der Waals surface area contributed by atoms with E-state index in [1.165, 1.54) is 0 Å². The summed E-state index contributed by atoms with van der Waals surface area (Å²) in [5.74, 6) is -1.05. The lowest BCUT2D eigenvalue weighted by atomic mass is 10.2. The van der Waals surface area contributed by atoms with Crippen LogP contribution >= 0.6 is 27.5 Å². The van der Waals surface area contributed by atoms with Crippen LogP contribution in [0.3, 0.4) is 0 Å². The molecule has 0 saturated heterocycles. The summed E-state index contributed by atoms with van der Waals surface area (Å²) < 4.78 is 0.648. The van der Waals surface area contributed by atoms with Gasteiger partial charge in [0.15, 0.2) is 0 Å². The van der Waals surface area contributed by atoms with Crippen LogP contribution in [0.1, 0.15) is 19.8 Å². The lowest BCUT2D eigenvalue weighted by Crippen LogP contribution is -2.42. The van der Waals surface area contributed by atoms with E-state index >= 15 is 0 Å². The first kappa shape index (κ1) is 15.8. The number of hydrogen-bond acceptors (Lipinski definition) is 2. The molecular formula is C12H14BrClN2O3. The lowest BCUT2D eigenvalue weighted by Gasteiger charge is -2.14. The molecule has 1 atom stereocenters. The first-order valence-corrected chi connectivity index (χ1v) is 6.86. The van der Waals surface area contributed by atoms with E-state index in [0.29, 0.717) is 28.0 Å². The second kappa shape index (κ2) is 7.35. The van der Waals surface area contributed by atoms with Crippen molar-refractivity contribution in [3.63, 3.8) is 0 Å². The number of hydrogen-bond donors (Lipinski definition) is 3. The van der Waals surface area contributed by atoms with Crippen LogP contribution in [0.5, 0.6) is 0 Å². The van der Waals surface area contributed by atoms with E-state index in [4.69, 9.17) is 16.7 Å². The fraction of sp³-hybridized carbons (Fsp3) is 0.333. The minimum atomic E-state index is -1.05. The molecule has 0 aliphatic rings. The largest absolute Gasteiger partial charge is 0.480 e. The van der Waals surface area contributed by atoms with Crippen molar-refractivity contribution >= 4 is 45.2 Å². The van der Waals surface area contributed by atoms with E-state index in [1.807, 2.05) is 6.92 Å². The molecule has 0 aromatic heterocycles. The molecule has 19 heavy (non-hydrogen) atoms. The summed E-state index contributed by atoms with van der Waals surface area (Å²) in [6, 6.07) is 3.44. The van der Waals surface area contributed by atoms with Crippen LogP contribution in [-0.2, 0) is 4.79 Å². The maximum absolute atomic E-state index is 11.7. The molecule has 0 radical (unpaired) electrons. The minimum Gasteiger partial charge on any atom is -0.480 e. The van der Waals surface area contributed by atoms with Crippen LogP contribution in [0, 0.1) is 0 Å². The molecule has 3 N–H and O–H groups in total. The zero-order valence-corrected chi connectivity index (χ0v) is 12.6. The highest BCUT2D eigenvalue weighted by molar-refractivity contribution is 9.10.